The third-order valence-corrected chi connectivity index (χ3v) is 3.55. The van der Waals surface area contributed by atoms with E-state index in [0.717, 1.165) is 24.3 Å². The van der Waals surface area contributed by atoms with E-state index < -0.39 is 21.9 Å². The summed E-state index contributed by atoms with van der Waals surface area (Å²) < 4.78 is 61.7. The molecule has 7 heteroatoms. The SMILES string of the molecule is CC.CCS(=O)(=O)c1ccc(OC(F)(F)F)cc1. The minimum Gasteiger partial charge on any atom is -0.406 e. The summed E-state index contributed by atoms with van der Waals surface area (Å²) in [6, 6.07) is 4.10. The third-order valence-electron chi connectivity index (χ3n) is 1.80. The molecule has 1 aromatic carbocycles. The van der Waals surface area contributed by atoms with Gasteiger partial charge < -0.3 is 4.74 Å². The first-order chi connectivity index (χ1) is 8.24. The molecule has 0 fully saturated rings. The Morgan fingerprint density at radius 2 is 1.56 bits per heavy atom. The molecule has 0 aromatic heterocycles. The quantitative estimate of drug-likeness (QED) is 0.854. The van der Waals surface area contributed by atoms with Gasteiger partial charge in [0.1, 0.15) is 5.75 Å². The fraction of sp³-hybridized carbons (Fsp3) is 0.455. The van der Waals surface area contributed by atoms with E-state index in [1.165, 1.54) is 6.92 Å². The normalized spacial score (nSPS) is 11.4. The van der Waals surface area contributed by atoms with E-state index in [1.807, 2.05) is 13.8 Å². The number of rotatable bonds is 3. The van der Waals surface area contributed by atoms with E-state index in [9.17, 15) is 21.6 Å². The minimum absolute atomic E-state index is 0.0236. The maximum absolute atomic E-state index is 11.8. The van der Waals surface area contributed by atoms with Crippen molar-refractivity contribution in [2.24, 2.45) is 0 Å². The highest BCUT2D eigenvalue weighted by Gasteiger charge is 2.31. The number of sulfone groups is 1. The molecule has 0 amide bonds. The Labute approximate surface area is 104 Å². The summed E-state index contributed by atoms with van der Waals surface area (Å²) in [7, 11) is -3.40. The average molecular weight is 284 g/mol. The molecule has 1 rings (SSSR count). The molecule has 0 saturated heterocycles. The van der Waals surface area contributed by atoms with Crippen LogP contribution in [-0.2, 0) is 9.84 Å². The monoisotopic (exact) mass is 284 g/mol. The van der Waals surface area contributed by atoms with Crippen molar-refractivity contribution in [3.05, 3.63) is 24.3 Å². The Bertz CT molecular complexity index is 449. The van der Waals surface area contributed by atoms with Gasteiger partial charge in [0.2, 0.25) is 0 Å². The summed E-state index contributed by atoms with van der Waals surface area (Å²) in [5.41, 5.74) is 0. The summed E-state index contributed by atoms with van der Waals surface area (Å²) in [5.74, 6) is -0.547. The molecule has 0 aliphatic carbocycles. The van der Waals surface area contributed by atoms with Gasteiger partial charge in [0.25, 0.3) is 0 Å². The first kappa shape index (κ1) is 16.8. The highest BCUT2D eigenvalue weighted by Crippen LogP contribution is 2.24. The van der Waals surface area contributed by atoms with Gasteiger partial charge >= 0.3 is 6.36 Å². The van der Waals surface area contributed by atoms with Crippen molar-refractivity contribution in [3.8, 4) is 5.75 Å². The fourth-order valence-electron chi connectivity index (χ4n) is 1.02. The molecule has 0 aliphatic heterocycles. The molecule has 0 heterocycles. The van der Waals surface area contributed by atoms with E-state index >= 15 is 0 Å². The Hall–Kier alpha value is -1.24. The highest BCUT2D eigenvalue weighted by atomic mass is 32.2. The lowest BCUT2D eigenvalue weighted by Gasteiger charge is -2.09. The van der Waals surface area contributed by atoms with Crippen LogP contribution in [0.3, 0.4) is 0 Å². The Kier molecular flexibility index (Phi) is 6.17. The van der Waals surface area contributed by atoms with Gasteiger partial charge in [-0.25, -0.2) is 8.42 Å². The summed E-state index contributed by atoms with van der Waals surface area (Å²) >= 11 is 0. The first-order valence-corrected chi connectivity index (χ1v) is 6.98. The number of hydrogen-bond acceptors (Lipinski definition) is 3. The first-order valence-electron chi connectivity index (χ1n) is 5.33. The van der Waals surface area contributed by atoms with Crippen LogP contribution < -0.4 is 4.74 Å². The highest BCUT2D eigenvalue weighted by molar-refractivity contribution is 7.91. The van der Waals surface area contributed by atoms with E-state index in [0.29, 0.717) is 0 Å². The summed E-state index contributed by atoms with van der Waals surface area (Å²) in [5, 5.41) is 0. The molecule has 18 heavy (non-hydrogen) atoms. The van der Waals surface area contributed by atoms with Crippen molar-refractivity contribution < 1.29 is 26.3 Å². The smallest absolute Gasteiger partial charge is 0.406 e. The molecule has 0 aliphatic rings. The molecule has 104 valence electrons. The van der Waals surface area contributed by atoms with Crippen molar-refractivity contribution in [1.82, 2.24) is 0 Å². The second-order valence-corrected chi connectivity index (χ2v) is 5.20. The van der Waals surface area contributed by atoms with Gasteiger partial charge in [0.05, 0.1) is 10.6 Å². The number of benzene rings is 1. The van der Waals surface area contributed by atoms with E-state index in [-0.39, 0.29) is 10.6 Å². The predicted octanol–water partition coefficient (Wildman–Crippen LogP) is 3.41. The molecule has 0 N–H and O–H groups in total. The lowest BCUT2D eigenvalue weighted by molar-refractivity contribution is -0.274. The summed E-state index contributed by atoms with van der Waals surface area (Å²) in [4.78, 5) is -0.0236. The summed E-state index contributed by atoms with van der Waals surface area (Å²) in [6.07, 6.45) is -4.77. The zero-order valence-corrected chi connectivity index (χ0v) is 11.1. The fourth-order valence-corrected chi connectivity index (χ4v) is 1.90. The Morgan fingerprint density at radius 1 is 1.11 bits per heavy atom. The molecule has 0 radical (unpaired) electrons. The van der Waals surface area contributed by atoms with Crippen molar-refractivity contribution in [3.63, 3.8) is 0 Å². The number of halogens is 3. The van der Waals surface area contributed by atoms with Crippen LogP contribution in [-0.4, -0.2) is 20.5 Å². The van der Waals surface area contributed by atoms with Gasteiger partial charge in [-0.05, 0) is 24.3 Å². The Balaban J connectivity index is 0.00000137. The lowest BCUT2D eigenvalue weighted by Crippen LogP contribution is -2.17. The predicted molar refractivity (Wildman–Crippen MR) is 62.2 cm³/mol. The number of ether oxygens (including phenoxy) is 1. The molecular formula is C11H15F3O3S. The van der Waals surface area contributed by atoms with Crippen molar-refractivity contribution in [2.75, 3.05) is 5.75 Å². The van der Waals surface area contributed by atoms with Gasteiger partial charge in [-0.15, -0.1) is 13.2 Å². The molecule has 0 unspecified atom stereocenters. The van der Waals surface area contributed by atoms with Crippen molar-refractivity contribution >= 4 is 9.84 Å². The molecule has 0 saturated carbocycles. The van der Waals surface area contributed by atoms with Crippen LogP contribution in [0.15, 0.2) is 29.2 Å². The van der Waals surface area contributed by atoms with Crippen LogP contribution >= 0.6 is 0 Å². The number of hydrogen-bond donors (Lipinski definition) is 0. The summed E-state index contributed by atoms with van der Waals surface area (Å²) in [6.45, 7) is 5.45. The van der Waals surface area contributed by atoms with E-state index in [2.05, 4.69) is 4.74 Å². The van der Waals surface area contributed by atoms with Crippen LogP contribution in [0.4, 0.5) is 13.2 Å². The Morgan fingerprint density at radius 3 is 1.89 bits per heavy atom. The van der Waals surface area contributed by atoms with Crippen LogP contribution in [0, 0.1) is 0 Å². The second-order valence-electron chi connectivity index (χ2n) is 2.92. The van der Waals surface area contributed by atoms with Gasteiger partial charge in [-0.2, -0.15) is 0 Å². The topological polar surface area (TPSA) is 43.4 Å². The van der Waals surface area contributed by atoms with Crippen molar-refractivity contribution in [2.45, 2.75) is 32.0 Å². The average Bonchev–Trinajstić information content (AvgIpc) is 2.30. The molecule has 0 bridgehead atoms. The van der Waals surface area contributed by atoms with Gasteiger partial charge in [0.15, 0.2) is 9.84 Å². The molecule has 1 aromatic rings. The maximum atomic E-state index is 11.8. The van der Waals surface area contributed by atoms with Crippen LogP contribution in [0.2, 0.25) is 0 Å². The van der Waals surface area contributed by atoms with Crippen LogP contribution in [0.25, 0.3) is 0 Å². The van der Waals surface area contributed by atoms with E-state index in [4.69, 9.17) is 0 Å². The van der Waals surface area contributed by atoms with Gasteiger partial charge in [-0.1, -0.05) is 20.8 Å². The second kappa shape index (κ2) is 6.63. The molecule has 0 atom stereocenters. The standard InChI is InChI=1S/C9H9F3O3S.C2H6/c1-2-16(13,14)8-5-3-7(4-6-8)15-9(10,11)12;1-2/h3-6H,2H2,1H3;1-2H3. The van der Waals surface area contributed by atoms with Crippen molar-refractivity contribution in [1.29, 1.82) is 0 Å². The minimum atomic E-state index is -4.77. The molecular weight excluding hydrogens is 269 g/mol. The van der Waals surface area contributed by atoms with Gasteiger partial charge in [-0.3, -0.25) is 0 Å². The lowest BCUT2D eigenvalue weighted by atomic mass is 10.3. The van der Waals surface area contributed by atoms with Crippen LogP contribution in [0.5, 0.6) is 5.75 Å². The zero-order chi connectivity index (χ0) is 14.4. The maximum Gasteiger partial charge on any atom is 0.573 e. The third kappa shape index (κ3) is 5.39. The number of alkyl halides is 3. The van der Waals surface area contributed by atoms with Gasteiger partial charge in [0, 0.05) is 0 Å². The molecule has 3 nitrogen and oxygen atoms in total. The molecule has 0 spiro atoms. The van der Waals surface area contributed by atoms with Crippen LogP contribution in [0.1, 0.15) is 20.8 Å². The zero-order valence-electron chi connectivity index (χ0n) is 10.3. The largest absolute Gasteiger partial charge is 0.573 e. The van der Waals surface area contributed by atoms with E-state index in [1.54, 1.807) is 0 Å².